The molecule has 7 nitrogen and oxygen atoms in total. The highest BCUT2D eigenvalue weighted by atomic mass is 32.2. The summed E-state index contributed by atoms with van der Waals surface area (Å²) in [6, 6.07) is 7.61. The Bertz CT molecular complexity index is 838. The molecule has 0 N–H and O–H groups in total. The van der Waals surface area contributed by atoms with Crippen molar-refractivity contribution in [2.24, 2.45) is 5.92 Å². The van der Waals surface area contributed by atoms with E-state index >= 15 is 0 Å². The SMILES string of the molecule is CCCCS(=O)(=O)N1CCC(C(=O)N2CCN(c3ccc(C(C)=O)cc3)CC2)CC1. The molecule has 3 rings (SSSR count). The molecule has 0 spiro atoms. The molecular weight excluding hydrogens is 402 g/mol. The first-order valence-electron chi connectivity index (χ1n) is 10.9. The fourth-order valence-corrected chi connectivity index (χ4v) is 5.87. The first-order chi connectivity index (χ1) is 14.3. The molecule has 0 aliphatic carbocycles. The molecule has 0 radical (unpaired) electrons. The number of rotatable bonds is 7. The number of amides is 1. The van der Waals surface area contributed by atoms with Gasteiger partial charge in [-0.15, -0.1) is 0 Å². The third kappa shape index (κ3) is 5.40. The van der Waals surface area contributed by atoms with Crippen molar-refractivity contribution in [1.29, 1.82) is 0 Å². The van der Waals surface area contributed by atoms with Gasteiger partial charge in [0.2, 0.25) is 15.9 Å². The summed E-state index contributed by atoms with van der Waals surface area (Å²) in [7, 11) is -3.19. The van der Waals surface area contributed by atoms with Gasteiger partial charge >= 0.3 is 0 Å². The van der Waals surface area contributed by atoms with Crippen LogP contribution in [0.5, 0.6) is 0 Å². The van der Waals surface area contributed by atoms with Crippen LogP contribution >= 0.6 is 0 Å². The number of hydrogen-bond acceptors (Lipinski definition) is 5. The van der Waals surface area contributed by atoms with E-state index in [1.807, 2.05) is 36.1 Å². The lowest BCUT2D eigenvalue weighted by molar-refractivity contribution is -0.137. The topological polar surface area (TPSA) is 78.0 Å². The number of anilines is 1. The molecule has 0 atom stereocenters. The molecule has 1 amide bonds. The number of sulfonamides is 1. The monoisotopic (exact) mass is 435 g/mol. The van der Waals surface area contributed by atoms with Gasteiger partial charge in [0, 0.05) is 56.4 Å². The minimum absolute atomic E-state index is 0.0566. The molecule has 8 heteroatoms. The smallest absolute Gasteiger partial charge is 0.225 e. The van der Waals surface area contributed by atoms with Gasteiger partial charge in [0.15, 0.2) is 5.78 Å². The van der Waals surface area contributed by atoms with Gasteiger partial charge in [0.1, 0.15) is 0 Å². The van der Waals surface area contributed by atoms with Crippen LogP contribution in [0.1, 0.15) is 49.9 Å². The zero-order valence-corrected chi connectivity index (χ0v) is 18.9. The largest absolute Gasteiger partial charge is 0.368 e. The van der Waals surface area contributed by atoms with Crippen LogP contribution in [-0.4, -0.2) is 74.3 Å². The van der Waals surface area contributed by atoms with Crippen LogP contribution in [0.2, 0.25) is 0 Å². The zero-order chi connectivity index (χ0) is 21.7. The van der Waals surface area contributed by atoms with Gasteiger partial charge in [-0.05, 0) is 50.5 Å². The molecule has 2 aliphatic heterocycles. The fraction of sp³-hybridized carbons (Fsp3) is 0.636. The summed E-state index contributed by atoms with van der Waals surface area (Å²) in [5, 5.41) is 0. The average Bonchev–Trinajstić information content (AvgIpc) is 2.77. The van der Waals surface area contributed by atoms with Crippen LogP contribution in [0.25, 0.3) is 0 Å². The fourth-order valence-electron chi connectivity index (χ4n) is 4.19. The molecule has 1 aromatic carbocycles. The quantitative estimate of drug-likeness (QED) is 0.615. The Kier molecular flexibility index (Phi) is 7.52. The molecule has 30 heavy (non-hydrogen) atoms. The highest BCUT2D eigenvalue weighted by Crippen LogP contribution is 2.24. The van der Waals surface area contributed by atoms with Crippen LogP contribution in [-0.2, 0) is 14.8 Å². The standard InChI is InChI=1S/C22H33N3O4S/c1-3-4-17-30(28,29)25-11-9-20(10-12-25)22(27)24-15-13-23(14-16-24)21-7-5-19(6-8-21)18(2)26/h5-8,20H,3-4,9-17H2,1-2H3. The lowest BCUT2D eigenvalue weighted by Crippen LogP contribution is -2.52. The van der Waals surface area contributed by atoms with Crippen LogP contribution in [0.3, 0.4) is 0 Å². The highest BCUT2D eigenvalue weighted by Gasteiger charge is 2.33. The molecule has 2 fully saturated rings. The Morgan fingerprint density at radius 2 is 1.57 bits per heavy atom. The van der Waals surface area contributed by atoms with Crippen LogP contribution in [0.15, 0.2) is 24.3 Å². The summed E-state index contributed by atoms with van der Waals surface area (Å²) in [6.45, 7) is 7.30. The molecule has 166 valence electrons. The minimum atomic E-state index is -3.19. The second-order valence-corrected chi connectivity index (χ2v) is 10.3. The zero-order valence-electron chi connectivity index (χ0n) is 18.0. The van der Waals surface area contributed by atoms with E-state index < -0.39 is 10.0 Å². The van der Waals surface area contributed by atoms with Gasteiger partial charge in [-0.1, -0.05) is 13.3 Å². The summed E-state index contributed by atoms with van der Waals surface area (Å²) in [4.78, 5) is 28.5. The first-order valence-corrected chi connectivity index (χ1v) is 12.6. The van der Waals surface area contributed by atoms with Crippen molar-refractivity contribution in [1.82, 2.24) is 9.21 Å². The maximum atomic E-state index is 12.9. The maximum absolute atomic E-state index is 12.9. The predicted molar refractivity (Wildman–Crippen MR) is 118 cm³/mol. The molecule has 0 bridgehead atoms. The van der Waals surface area contributed by atoms with E-state index in [1.165, 1.54) is 0 Å². The molecule has 2 aliphatic rings. The maximum Gasteiger partial charge on any atom is 0.225 e. The van der Waals surface area contributed by atoms with Crippen molar-refractivity contribution in [3.05, 3.63) is 29.8 Å². The molecule has 1 aromatic rings. The first kappa shape index (κ1) is 22.7. The Balaban J connectivity index is 1.48. The van der Waals surface area contributed by atoms with Crippen LogP contribution in [0, 0.1) is 5.92 Å². The van der Waals surface area contributed by atoms with Crippen molar-refractivity contribution >= 4 is 27.4 Å². The van der Waals surface area contributed by atoms with E-state index in [-0.39, 0.29) is 23.4 Å². The van der Waals surface area contributed by atoms with Crippen molar-refractivity contribution in [2.75, 3.05) is 49.9 Å². The van der Waals surface area contributed by atoms with Gasteiger partial charge in [-0.3, -0.25) is 9.59 Å². The van der Waals surface area contributed by atoms with Crippen LogP contribution in [0.4, 0.5) is 5.69 Å². The summed E-state index contributed by atoms with van der Waals surface area (Å²) >= 11 is 0. The molecule has 2 heterocycles. The molecular formula is C22H33N3O4S. The summed E-state index contributed by atoms with van der Waals surface area (Å²) in [5.41, 5.74) is 1.77. The number of nitrogens with zero attached hydrogens (tertiary/aromatic N) is 3. The minimum Gasteiger partial charge on any atom is -0.368 e. The Morgan fingerprint density at radius 1 is 0.967 bits per heavy atom. The van der Waals surface area contributed by atoms with Gasteiger partial charge in [-0.25, -0.2) is 12.7 Å². The second kappa shape index (κ2) is 9.92. The van der Waals surface area contributed by atoms with E-state index in [9.17, 15) is 18.0 Å². The van der Waals surface area contributed by atoms with Gasteiger partial charge < -0.3 is 9.80 Å². The number of piperazine rings is 1. The lowest BCUT2D eigenvalue weighted by Gasteiger charge is -2.39. The van der Waals surface area contributed by atoms with E-state index in [1.54, 1.807) is 11.2 Å². The van der Waals surface area contributed by atoms with Crippen molar-refractivity contribution < 1.29 is 18.0 Å². The number of benzene rings is 1. The highest BCUT2D eigenvalue weighted by molar-refractivity contribution is 7.89. The number of unbranched alkanes of at least 4 members (excludes halogenated alkanes) is 1. The molecule has 0 aromatic heterocycles. The number of carbonyl (C=O) groups excluding carboxylic acids is 2. The van der Waals surface area contributed by atoms with Gasteiger partial charge in [-0.2, -0.15) is 0 Å². The summed E-state index contributed by atoms with van der Waals surface area (Å²) in [5.74, 6) is 0.342. The second-order valence-electron chi connectivity index (χ2n) is 8.26. The van der Waals surface area contributed by atoms with Gasteiger partial charge in [0.05, 0.1) is 5.75 Å². The number of piperidine rings is 1. The average molecular weight is 436 g/mol. The number of ketones is 1. The Morgan fingerprint density at radius 3 is 2.10 bits per heavy atom. The van der Waals surface area contributed by atoms with Crippen LogP contribution < -0.4 is 4.90 Å². The van der Waals surface area contributed by atoms with E-state index in [2.05, 4.69) is 4.90 Å². The van der Waals surface area contributed by atoms with Crippen molar-refractivity contribution in [3.8, 4) is 0 Å². The third-order valence-corrected chi connectivity index (χ3v) is 8.14. The lowest BCUT2D eigenvalue weighted by atomic mass is 9.96. The van der Waals surface area contributed by atoms with E-state index in [4.69, 9.17) is 0 Å². The van der Waals surface area contributed by atoms with E-state index in [0.717, 1.165) is 25.2 Å². The van der Waals surface area contributed by atoms with Crippen molar-refractivity contribution in [3.63, 3.8) is 0 Å². The van der Waals surface area contributed by atoms with E-state index in [0.29, 0.717) is 51.0 Å². The summed E-state index contributed by atoms with van der Waals surface area (Å²) in [6.07, 6.45) is 2.76. The Labute approximate surface area is 180 Å². The number of hydrogen-bond donors (Lipinski definition) is 0. The van der Waals surface area contributed by atoms with Crippen molar-refractivity contribution in [2.45, 2.75) is 39.5 Å². The summed E-state index contributed by atoms with van der Waals surface area (Å²) < 4.78 is 26.3. The third-order valence-electron chi connectivity index (χ3n) is 6.18. The van der Waals surface area contributed by atoms with Gasteiger partial charge in [0.25, 0.3) is 0 Å². The predicted octanol–water partition coefficient (Wildman–Crippen LogP) is 2.38. The molecule has 2 saturated heterocycles. The normalized spacial score (nSPS) is 19.1. The number of carbonyl (C=O) groups is 2. The Hall–Kier alpha value is -1.93. The molecule has 0 unspecified atom stereocenters. The molecule has 0 saturated carbocycles. The number of Topliss-reactive ketones (excluding diaryl/α,β-unsaturated/α-hetero) is 1.